The van der Waals surface area contributed by atoms with Crippen LogP contribution in [0.3, 0.4) is 0 Å². The van der Waals surface area contributed by atoms with E-state index in [1.807, 2.05) is 0 Å². The smallest absolute Gasteiger partial charge is 0.0358 e. The highest BCUT2D eigenvalue weighted by Crippen LogP contribution is 2.34. The largest absolute Gasteiger partial charge is 0.329 e. The molecule has 17 heavy (non-hydrogen) atoms. The molecule has 3 heteroatoms. The van der Waals surface area contributed by atoms with Gasteiger partial charge in [-0.25, -0.2) is 0 Å². The highest BCUT2D eigenvalue weighted by molar-refractivity contribution is 4.99. The van der Waals surface area contributed by atoms with E-state index in [9.17, 15) is 0 Å². The van der Waals surface area contributed by atoms with Gasteiger partial charge in [-0.1, -0.05) is 6.92 Å². The van der Waals surface area contributed by atoms with Crippen LogP contribution in [0, 0.1) is 5.92 Å². The summed E-state index contributed by atoms with van der Waals surface area (Å²) in [5, 5.41) is 0. The van der Waals surface area contributed by atoms with Crippen molar-refractivity contribution in [3.8, 4) is 0 Å². The molecule has 2 heterocycles. The van der Waals surface area contributed by atoms with Crippen LogP contribution in [0.25, 0.3) is 0 Å². The zero-order valence-corrected chi connectivity index (χ0v) is 11.8. The van der Waals surface area contributed by atoms with Crippen LogP contribution >= 0.6 is 0 Å². The summed E-state index contributed by atoms with van der Waals surface area (Å²) in [6.07, 6.45) is 5.23. The predicted octanol–water partition coefficient (Wildman–Crippen LogP) is 1.53. The van der Waals surface area contributed by atoms with E-state index < -0.39 is 0 Å². The third-order valence-electron chi connectivity index (χ3n) is 5.02. The van der Waals surface area contributed by atoms with Crippen LogP contribution in [0.1, 0.15) is 39.5 Å². The summed E-state index contributed by atoms with van der Waals surface area (Å²) in [6.45, 7) is 9.27. The molecule has 0 saturated carbocycles. The standard InChI is InChI=1S/C14H29N3/c1-12-4-5-13(2)17(10-12)14(11-15)6-8-16(3)9-7-14/h12-13H,4-11,15H2,1-3H3. The number of hydrogen-bond donors (Lipinski definition) is 1. The van der Waals surface area contributed by atoms with Crippen LogP contribution in [0.15, 0.2) is 0 Å². The number of likely N-dealkylation sites (tertiary alicyclic amines) is 2. The van der Waals surface area contributed by atoms with Crippen LogP contribution in [0.4, 0.5) is 0 Å². The van der Waals surface area contributed by atoms with E-state index in [0.717, 1.165) is 18.5 Å². The zero-order chi connectivity index (χ0) is 12.5. The molecule has 3 nitrogen and oxygen atoms in total. The molecule has 2 saturated heterocycles. The monoisotopic (exact) mass is 239 g/mol. The Labute approximate surface area is 106 Å². The molecule has 100 valence electrons. The molecular weight excluding hydrogens is 210 g/mol. The molecule has 0 spiro atoms. The number of nitrogens with two attached hydrogens (primary N) is 1. The average Bonchev–Trinajstić information content (AvgIpc) is 2.34. The van der Waals surface area contributed by atoms with Gasteiger partial charge in [-0.2, -0.15) is 0 Å². The summed E-state index contributed by atoms with van der Waals surface area (Å²) in [5.74, 6) is 0.842. The van der Waals surface area contributed by atoms with Crippen molar-refractivity contribution >= 4 is 0 Å². The first-order valence-electron chi connectivity index (χ1n) is 7.23. The Hall–Kier alpha value is -0.120. The summed E-state index contributed by atoms with van der Waals surface area (Å²) in [4.78, 5) is 5.18. The second-order valence-electron chi connectivity index (χ2n) is 6.42. The molecule has 2 aliphatic heterocycles. The van der Waals surface area contributed by atoms with Crippen LogP contribution in [0.2, 0.25) is 0 Å². The molecule has 0 radical (unpaired) electrons. The second-order valence-corrected chi connectivity index (χ2v) is 6.42. The first kappa shape index (κ1) is 13.3. The van der Waals surface area contributed by atoms with Crippen molar-refractivity contribution in [2.24, 2.45) is 11.7 Å². The Morgan fingerprint density at radius 2 is 1.82 bits per heavy atom. The summed E-state index contributed by atoms with van der Waals surface area (Å²) >= 11 is 0. The normalized spacial score (nSPS) is 36.0. The SMILES string of the molecule is CC1CCC(C)N(C2(CN)CCN(C)CC2)C1. The Kier molecular flexibility index (Phi) is 4.11. The molecule has 2 rings (SSSR count). The van der Waals surface area contributed by atoms with Gasteiger partial charge in [-0.15, -0.1) is 0 Å². The van der Waals surface area contributed by atoms with Gasteiger partial charge in [0.1, 0.15) is 0 Å². The fraction of sp³-hybridized carbons (Fsp3) is 1.00. The highest BCUT2D eigenvalue weighted by atomic mass is 15.3. The van der Waals surface area contributed by atoms with Crippen LogP contribution in [-0.4, -0.2) is 54.6 Å². The Morgan fingerprint density at radius 1 is 1.18 bits per heavy atom. The molecule has 2 aliphatic rings. The van der Waals surface area contributed by atoms with Gasteiger partial charge in [0, 0.05) is 24.7 Å². The Bertz CT molecular complexity index is 246. The van der Waals surface area contributed by atoms with Gasteiger partial charge < -0.3 is 10.6 Å². The van der Waals surface area contributed by atoms with Crippen molar-refractivity contribution in [1.29, 1.82) is 0 Å². The minimum atomic E-state index is 0.292. The fourth-order valence-corrected chi connectivity index (χ4v) is 3.59. The van der Waals surface area contributed by atoms with Gasteiger partial charge in [-0.3, -0.25) is 4.90 Å². The van der Waals surface area contributed by atoms with Gasteiger partial charge in [0.15, 0.2) is 0 Å². The quantitative estimate of drug-likeness (QED) is 0.793. The maximum atomic E-state index is 6.16. The van der Waals surface area contributed by atoms with E-state index in [1.54, 1.807) is 0 Å². The van der Waals surface area contributed by atoms with Gasteiger partial charge >= 0.3 is 0 Å². The van der Waals surface area contributed by atoms with Crippen LogP contribution in [0.5, 0.6) is 0 Å². The lowest BCUT2D eigenvalue weighted by Gasteiger charge is -2.53. The lowest BCUT2D eigenvalue weighted by atomic mass is 9.81. The third kappa shape index (κ3) is 2.67. The van der Waals surface area contributed by atoms with Crippen LogP contribution < -0.4 is 5.73 Å². The lowest BCUT2D eigenvalue weighted by molar-refractivity contribution is -0.0246. The molecule has 0 aliphatic carbocycles. The Morgan fingerprint density at radius 3 is 2.41 bits per heavy atom. The number of piperidine rings is 2. The van der Waals surface area contributed by atoms with E-state index in [0.29, 0.717) is 5.54 Å². The topological polar surface area (TPSA) is 32.5 Å². The Balaban J connectivity index is 2.10. The third-order valence-corrected chi connectivity index (χ3v) is 5.02. The molecule has 0 amide bonds. The van der Waals surface area contributed by atoms with Gasteiger partial charge in [0.25, 0.3) is 0 Å². The molecule has 0 aromatic carbocycles. The maximum absolute atomic E-state index is 6.16. The average molecular weight is 239 g/mol. The second kappa shape index (κ2) is 5.25. The van der Waals surface area contributed by atoms with E-state index >= 15 is 0 Å². The molecule has 2 fully saturated rings. The number of nitrogens with zero attached hydrogens (tertiary/aromatic N) is 2. The highest BCUT2D eigenvalue weighted by Gasteiger charge is 2.41. The molecule has 0 aromatic heterocycles. The summed E-state index contributed by atoms with van der Waals surface area (Å²) in [6, 6.07) is 0.721. The van der Waals surface area contributed by atoms with Crippen molar-refractivity contribution in [2.45, 2.75) is 51.1 Å². The summed E-state index contributed by atoms with van der Waals surface area (Å²) in [7, 11) is 2.22. The van der Waals surface area contributed by atoms with Crippen molar-refractivity contribution < 1.29 is 0 Å². The van der Waals surface area contributed by atoms with Gasteiger partial charge in [0.2, 0.25) is 0 Å². The van der Waals surface area contributed by atoms with E-state index in [1.165, 1.54) is 45.3 Å². The van der Waals surface area contributed by atoms with Gasteiger partial charge in [-0.05, 0) is 58.7 Å². The maximum Gasteiger partial charge on any atom is 0.0358 e. The zero-order valence-electron chi connectivity index (χ0n) is 11.8. The van der Waals surface area contributed by atoms with Crippen molar-refractivity contribution in [3.63, 3.8) is 0 Å². The number of rotatable bonds is 2. The predicted molar refractivity (Wildman–Crippen MR) is 73.1 cm³/mol. The molecule has 0 bridgehead atoms. The molecule has 2 N–H and O–H groups in total. The van der Waals surface area contributed by atoms with Gasteiger partial charge in [0.05, 0.1) is 0 Å². The van der Waals surface area contributed by atoms with E-state index in [4.69, 9.17) is 5.73 Å². The van der Waals surface area contributed by atoms with Crippen LogP contribution in [-0.2, 0) is 0 Å². The van der Waals surface area contributed by atoms with E-state index in [-0.39, 0.29) is 0 Å². The van der Waals surface area contributed by atoms with Crippen molar-refractivity contribution in [3.05, 3.63) is 0 Å². The lowest BCUT2D eigenvalue weighted by Crippen LogP contribution is -2.63. The summed E-state index contributed by atoms with van der Waals surface area (Å²) < 4.78 is 0. The number of hydrogen-bond acceptors (Lipinski definition) is 3. The summed E-state index contributed by atoms with van der Waals surface area (Å²) in [5.41, 5.74) is 6.45. The molecular formula is C14H29N3. The molecule has 2 atom stereocenters. The minimum absolute atomic E-state index is 0.292. The minimum Gasteiger partial charge on any atom is -0.329 e. The first-order valence-corrected chi connectivity index (χ1v) is 7.23. The van der Waals surface area contributed by atoms with E-state index in [2.05, 4.69) is 30.7 Å². The van der Waals surface area contributed by atoms with Crippen molar-refractivity contribution in [2.75, 3.05) is 33.2 Å². The molecule has 0 aromatic rings. The fourth-order valence-electron chi connectivity index (χ4n) is 3.59. The van der Waals surface area contributed by atoms with Crippen molar-refractivity contribution in [1.82, 2.24) is 9.80 Å². The molecule has 2 unspecified atom stereocenters. The first-order chi connectivity index (χ1) is 8.07.